The Kier molecular flexibility index (Phi) is 4.50. The molecule has 0 saturated heterocycles. The van der Waals surface area contributed by atoms with E-state index in [1.165, 1.54) is 4.90 Å². The Balaban J connectivity index is 2.25. The van der Waals surface area contributed by atoms with Crippen molar-refractivity contribution in [1.82, 2.24) is 9.88 Å². The van der Waals surface area contributed by atoms with E-state index in [-0.39, 0.29) is 11.7 Å². The van der Waals surface area contributed by atoms with E-state index in [1.54, 1.807) is 13.0 Å². The van der Waals surface area contributed by atoms with Gasteiger partial charge < -0.3 is 0 Å². The maximum atomic E-state index is 12.5. The molecule has 0 radical (unpaired) electrons. The van der Waals surface area contributed by atoms with Gasteiger partial charge in [-0.25, -0.2) is 4.98 Å². The maximum absolute atomic E-state index is 12.5. The van der Waals surface area contributed by atoms with Crippen molar-refractivity contribution in [1.29, 1.82) is 0 Å². The van der Waals surface area contributed by atoms with E-state index in [1.807, 2.05) is 24.3 Å². The van der Waals surface area contributed by atoms with Gasteiger partial charge in [0.1, 0.15) is 5.15 Å². The molecule has 0 N–H and O–H groups in total. The molecule has 2 rings (SSSR count). The molecule has 1 heterocycles. The number of fused-ring (bicyclic) bond motifs is 1. The lowest BCUT2D eigenvalue weighted by Crippen LogP contribution is -2.33. The van der Waals surface area contributed by atoms with Crippen LogP contribution < -0.4 is 0 Å². The van der Waals surface area contributed by atoms with Crippen LogP contribution in [0.4, 0.5) is 13.2 Å². The van der Waals surface area contributed by atoms with Gasteiger partial charge in [-0.05, 0) is 18.7 Å². The Bertz CT molecular complexity index is 598. The molecule has 0 aliphatic heterocycles. The second-order valence-corrected chi connectivity index (χ2v) is 4.91. The van der Waals surface area contributed by atoms with Gasteiger partial charge in [-0.15, -0.1) is 0 Å². The van der Waals surface area contributed by atoms with E-state index in [2.05, 4.69) is 4.98 Å². The summed E-state index contributed by atoms with van der Waals surface area (Å²) in [6.45, 7) is 1.16. The number of hydrogen-bond acceptors (Lipinski definition) is 2. The molecular weight excluding hydrogens is 289 g/mol. The summed E-state index contributed by atoms with van der Waals surface area (Å²) in [6, 6.07) is 9.17. The number of benzene rings is 1. The standard InChI is InChI=1S/C14H14ClF3N2/c1-2-20(9-14(16,17)18)8-11-7-10-5-3-4-6-12(10)19-13(11)15/h3-7H,2,8-9H2,1H3. The van der Waals surface area contributed by atoms with Crippen molar-refractivity contribution in [3.05, 3.63) is 41.0 Å². The highest BCUT2D eigenvalue weighted by Crippen LogP contribution is 2.23. The van der Waals surface area contributed by atoms with Crippen molar-refractivity contribution in [2.45, 2.75) is 19.6 Å². The van der Waals surface area contributed by atoms with Crippen LogP contribution in [0.3, 0.4) is 0 Å². The van der Waals surface area contributed by atoms with E-state index in [0.29, 0.717) is 12.1 Å². The van der Waals surface area contributed by atoms with Crippen molar-refractivity contribution in [3.8, 4) is 0 Å². The fourth-order valence-electron chi connectivity index (χ4n) is 2.02. The molecule has 0 fully saturated rings. The van der Waals surface area contributed by atoms with E-state index in [4.69, 9.17) is 11.6 Å². The molecular formula is C14H14ClF3N2. The Morgan fingerprint density at radius 2 is 1.95 bits per heavy atom. The zero-order valence-electron chi connectivity index (χ0n) is 10.9. The monoisotopic (exact) mass is 302 g/mol. The van der Waals surface area contributed by atoms with Crippen molar-refractivity contribution in [2.24, 2.45) is 0 Å². The van der Waals surface area contributed by atoms with Crippen LogP contribution in [0.5, 0.6) is 0 Å². The lowest BCUT2D eigenvalue weighted by molar-refractivity contribution is -0.146. The smallest absolute Gasteiger partial charge is 0.291 e. The highest BCUT2D eigenvalue weighted by atomic mass is 35.5. The average molecular weight is 303 g/mol. The van der Waals surface area contributed by atoms with Gasteiger partial charge in [0.05, 0.1) is 12.1 Å². The number of aromatic nitrogens is 1. The van der Waals surface area contributed by atoms with Gasteiger partial charge in [-0.2, -0.15) is 13.2 Å². The maximum Gasteiger partial charge on any atom is 0.401 e. The summed E-state index contributed by atoms with van der Waals surface area (Å²) in [5, 5.41) is 1.12. The third-order valence-corrected chi connectivity index (χ3v) is 3.32. The molecule has 0 spiro atoms. The molecule has 0 aliphatic rings. The molecule has 0 amide bonds. The van der Waals surface area contributed by atoms with Gasteiger partial charge in [0.2, 0.25) is 0 Å². The van der Waals surface area contributed by atoms with Crippen LogP contribution in [0.25, 0.3) is 10.9 Å². The van der Waals surface area contributed by atoms with E-state index in [9.17, 15) is 13.2 Å². The predicted molar refractivity (Wildman–Crippen MR) is 73.8 cm³/mol. The van der Waals surface area contributed by atoms with Crippen LogP contribution in [0.2, 0.25) is 5.15 Å². The van der Waals surface area contributed by atoms with Crippen LogP contribution in [0.15, 0.2) is 30.3 Å². The van der Waals surface area contributed by atoms with Gasteiger partial charge in [-0.1, -0.05) is 36.7 Å². The first kappa shape index (κ1) is 15.1. The molecule has 2 nitrogen and oxygen atoms in total. The van der Waals surface area contributed by atoms with Crippen molar-refractivity contribution in [2.75, 3.05) is 13.1 Å². The van der Waals surface area contributed by atoms with E-state index < -0.39 is 12.7 Å². The number of halogens is 4. The van der Waals surface area contributed by atoms with Gasteiger partial charge in [0.15, 0.2) is 0 Å². The summed E-state index contributed by atoms with van der Waals surface area (Å²) in [5.41, 5.74) is 1.34. The lowest BCUT2D eigenvalue weighted by atomic mass is 10.1. The molecule has 0 bridgehead atoms. The van der Waals surface area contributed by atoms with Gasteiger partial charge in [-0.3, -0.25) is 4.90 Å². The van der Waals surface area contributed by atoms with Crippen molar-refractivity contribution in [3.63, 3.8) is 0 Å². The van der Waals surface area contributed by atoms with Crippen LogP contribution in [-0.2, 0) is 6.54 Å². The molecule has 0 aliphatic carbocycles. The lowest BCUT2D eigenvalue weighted by Gasteiger charge is -2.22. The van der Waals surface area contributed by atoms with Gasteiger partial charge in [0, 0.05) is 17.5 Å². The Morgan fingerprint density at radius 3 is 2.60 bits per heavy atom. The normalized spacial score (nSPS) is 12.3. The third-order valence-electron chi connectivity index (χ3n) is 2.99. The third kappa shape index (κ3) is 3.84. The van der Waals surface area contributed by atoms with Gasteiger partial charge in [0.25, 0.3) is 0 Å². The first-order valence-electron chi connectivity index (χ1n) is 6.22. The summed E-state index contributed by atoms with van der Waals surface area (Å²) >= 11 is 6.06. The molecule has 1 aromatic heterocycles. The average Bonchev–Trinajstić information content (AvgIpc) is 2.37. The molecule has 0 atom stereocenters. The molecule has 108 valence electrons. The summed E-state index contributed by atoms with van der Waals surface area (Å²) < 4.78 is 37.4. The Hall–Kier alpha value is -1.33. The number of nitrogens with zero attached hydrogens (tertiary/aromatic N) is 2. The topological polar surface area (TPSA) is 16.1 Å². The summed E-state index contributed by atoms with van der Waals surface area (Å²) in [7, 11) is 0. The van der Waals surface area contributed by atoms with Crippen LogP contribution >= 0.6 is 11.6 Å². The molecule has 1 aromatic carbocycles. The Labute approximate surface area is 120 Å². The Morgan fingerprint density at radius 1 is 1.25 bits per heavy atom. The largest absolute Gasteiger partial charge is 0.401 e. The highest BCUT2D eigenvalue weighted by molar-refractivity contribution is 6.30. The fourth-order valence-corrected chi connectivity index (χ4v) is 2.23. The first-order chi connectivity index (χ1) is 9.39. The van der Waals surface area contributed by atoms with Gasteiger partial charge >= 0.3 is 6.18 Å². The molecule has 6 heteroatoms. The number of pyridine rings is 1. The zero-order valence-corrected chi connectivity index (χ0v) is 11.7. The predicted octanol–water partition coefficient (Wildman–Crippen LogP) is 4.27. The summed E-state index contributed by atoms with van der Waals surface area (Å²) in [4.78, 5) is 5.51. The number of para-hydroxylation sites is 1. The fraction of sp³-hybridized carbons (Fsp3) is 0.357. The minimum Gasteiger partial charge on any atom is -0.291 e. The zero-order chi connectivity index (χ0) is 14.8. The number of rotatable bonds is 4. The second kappa shape index (κ2) is 5.97. The first-order valence-corrected chi connectivity index (χ1v) is 6.60. The summed E-state index contributed by atoms with van der Waals surface area (Å²) in [5.74, 6) is 0. The van der Waals surface area contributed by atoms with E-state index >= 15 is 0 Å². The van der Waals surface area contributed by atoms with Crippen molar-refractivity contribution >= 4 is 22.5 Å². The molecule has 2 aromatic rings. The minimum atomic E-state index is -4.22. The van der Waals surface area contributed by atoms with Crippen molar-refractivity contribution < 1.29 is 13.2 Å². The highest BCUT2D eigenvalue weighted by Gasteiger charge is 2.30. The molecule has 0 saturated carbocycles. The van der Waals surface area contributed by atoms with E-state index in [0.717, 1.165) is 10.9 Å². The molecule has 20 heavy (non-hydrogen) atoms. The van der Waals surface area contributed by atoms with Crippen LogP contribution in [-0.4, -0.2) is 29.1 Å². The second-order valence-electron chi connectivity index (χ2n) is 4.55. The quantitative estimate of drug-likeness (QED) is 0.784. The molecule has 0 unspecified atom stereocenters. The van der Waals surface area contributed by atoms with Crippen LogP contribution in [0.1, 0.15) is 12.5 Å². The summed E-state index contributed by atoms with van der Waals surface area (Å²) in [6.07, 6.45) is -4.22. The number of alkyl halides is 3. The SMILES string of the molecule is CCN(Cc1cc2ccccc2nc1Cl)CC(F)(F)F. The minimum absolute atomic E-state index is 0.132. The van der Waals surface area contributed by atoms with Crippen LogP contribution in [0, 0.1) is 0 Å². The number of hydrogen-bond donors (Lipinski definition) is 0.